The number of amides is 1. The molecule has 0 radical (unpaired) electrons. The SMILES string of the molecule is C#CCCCNC(=O)c1cn(C)nc1C. The lowest BCUT2D eigenvalue weighted by Gasteiger charge is -2.01. The summed E-state index contributed by atoms with van der Waals surface area (Å²) in [6, 6.07) is 0. The van der Waals surface area contributed by atoms with Crippen LogP contribution in [0.25, 0.3) is 0 Å². The van der Waals surface area contributed by atoms with Gasteiger partial charge >= 0.3 is 0 Å². The number of aryl methyl sites for hydroxylation is 2. The van der Waals surface area contributed by atoms with Crippen LogP contribution in [-0.2, 0) is 7.05 Å². The molecule has 1 N–H and O–H groups in total. The third-order valence-corrected chi connectivity index (χ3v) is 2.04. The van der Waals surface area contributed by atoms with Crippen LogP contribution in [0.5, 0.6) is 0 Å². The van der Waals surface area contributed by atoms with Gasteiger partial charge < -0.3 is 5.32 Å². The summed E-state index contributed by atoms with van der Waals surface area (Å²) in [7, 11) is 1.79. The van der Waals surface area contributed by atoms with Crippen molar-refractivity contribution in [1.29, 1.82) is 0 Å². The van der Waals surface area contributed by atoms with Crippen molar-refractivity contribution in [1.82, 2.24) is 15.1 Å². The van der Waals surface area contributed by atoms with Crippen molar-refractivity contribution in [2.24, 2.45) is 7.05 Å². The van der Waals surface area contributed by atoms with E-state index in [1.165, 1.54) is 0 Å². The normalized spacial score (nSPS) is 9.67. The molecule has 0 bridgehead atoms. The monoisotopic (exact) mass is 205 g/mol. The summed E-state index contributed by atoms with van der Waals surface area (Å²) < 4.78 is 1.63. The zero-order valence-corrected chi connectivity index (χ0v) is 9.08. The molecule has 0 fully saturated rings. The molecule has 0 aliphatic carbocycles. The quantitative estimate of drug-likeness (QED) is 0.585. The first-order valence-electron chi connectivity index (χ1n) is 4.87. The largest absolute Gasteiger partial charge is 0.352 e. The van der Waals surface area contributed by atoms with Gasteiger partial charge in [0.15, 0.2) is 0 Å². The zero-order valence-electron chi connectivity index (χ0n) is 9.08. The molecule has 0 saturated heterocycles. The zero-order chi connectivity index (χ0) is 11.3. The molecule has 0 saturated carbocycles. The molecule has 0 aliphatic heterocycles. The number of unbranched alkanes of at least 4 members (excludes halogenated alkanes) is 1. The van der Waals surface area contributed by atoms with Crippen LogP contribution in [-0.4, -0.2) is 22.2 Å². The molecule has 1 rings (SSSR count). The molecule has 1 aromatic heterocycles. The molecule has 4 heteroatoms. The number of hydrogen-bond acceptors (Lipinski definition) is 2. The number of aromatic nitrogens is 2. The van der Waals surface area contributed by atoms with Crippen LogP contribution in [0.1, 0.15) is 28.9 Å². The average Bonchev–Trinajstić information content (AvgIpc) is 2.52. The number of terminal acetylenes is 1. The van der Waals surface area contributed by atoms with Crippen molar-refractivity contribution >= 4 is 5.91 Å². The molecule has 80 valence electrons. The van der Waals surface area contributed by atoms with E-state index in [1.807, 2.05) is 6.92 Å². The predicted molar refractivity (Wildman–Crippen MR) is 58.3 cm³/mol. The van der Waals surface area contributed by atoms with E-state index >= 15 is 0 Å². The Morgan fingerprint density at radius 2 is 2.47 bits per heavy atom. The first-order chi connectivity index (χ1) is 7.15. The fourth-order valence-electron chi connectivity index (χ4n) is 1.31. The molecule has 0 atom stereocenters. The fourth-order valence-corrected chi connectivity index (χ4v) is 1.31. The minimum Gasteiger partial charge on any atom is -0.352 e. The topological polar surface area (TPSA) is 46.9 Å². The highest BCUT2D eigenvalue weighted by molar-refractivity contribution is 5.94. The second-order valence-corrected chi connectivity index (χ2v) is 3.37. The Hall–Kier alpha value is -1.76. The van der Waals surface area contributed by atoms with E-state index in [-0.39, 0.29) is 5.91 Å². The average molecular weight is 205 g/mol. The summed E-state index contributed by atoms with van der Waals surface area (Å²) in [4.78, 5) is 11.6. The van der Waals surface area contributed by atoms with Crippen LogP contribution in [0.15, 0.2) is 6.20 Å². The van der Waals surface area contributed by atoms with Crippen molar-refractivity contribution in [2.45, 2.75) is 19.8 Å². The Morgan fingerprint density at radius 3 is 3.00 bits per heavy atom. The number of carbonyl (C=O) groups is 1. The molecule has 15 heavy (non-hydrogen) atoms. The molecule has 0 aromatic carbocycles. The van der Waals surface area contributed by atoms with E-state index in [1.54, 1.807) is 17.9 Å². The van der Waals surface area contributed by atoms with E-state index in [2.05, 4.69) is 16.3 Å². The van der Waals surface area contributed by atoms with E-state index in [4.69, 9.17) is 6.42 Å². The Balaban J connectivity index is 2.48. The third-order valence-electron chi connectivity index (χ3n) is 2.04. The maximum absolute atomic E-state index is 11.6. The Kier molecular flexibility index (Phi) is 3.92. The molecule has 4 nitrogen and oxygen atoms in total. The molecule has 1 heterocycles. The molecule has 0 spiro atoms. The van der Waals surface area contributed by atoms with Gasteiger partial charge in [0.25, 0.3) is 5.91 Å². The second-order valence-electron chi connectivity index (χ2n) is 3.37. The van der Waals surface area contributed by atoms with Gasteiger partial charge in [-0.05, 0) is 13.3 Å². The lowest BCUT2D eigenvalue weighted by Crippen LogP contribution is -2.24. The molecule has 0 aliphatic rings. The molecule has 0 unspecified atom stereocenters. The predicted octanol–water partition coefficient (Wildman–Crippen LogP) is 0.872. The first kappa shape index (κ1) is 11.3. The third kappa shape index (κ3) is 3.13. The summed E-state index contributed by atoms with van der Waals surface area (Å²) in [6.07, 6.45) is 8.32. The first-order valence-corrected chi connectivity index (χ1v) is 4.87. The highest BCUT2D eigenvalue weighted by Gasteiger charge is 2.10. The van der Waals surface area contributed by atoms with Gasteiger partial charge in [-0.2, -0.15) is 5.10 Å². The Bertz CT molecular complexity index is 387. The Morgan fingerprint density at radius 1 is 1.73 bits per heavy atom. The highest BCUT2D eigenvalue weighted by atomic mass is 16.1. The van der Waals surface area contributed by atoms with Crippen molar-refractivity contribution in [2.75, 3.05) is 6.54 Å². The summed E-state index contributed by atoms with van der Waals surface area (Å²) >= 11 is 0. The van der Waals surface area contributed by atoms with Gasteiger partial charge in [-0.25, -0.2) is 0 Å². The van der Waals surface area contributed by atoms with Crippen LogP contribution in [0.2, 0.25) is 0 Å². The lowest BCUT2D eigenvalue weighted by atomic mass is 10.2. The summed E-state index contributed by atoms with van der Waals surface area (Å²) in [5.41, 5.74) is 1.37. The van der Waals surface area contributed by atoms with Gasteiger partial charge in [0, 0.05) is 26.2 Å². The molecular weight excluding hydrogens is 190 g/mol. The van der Waals surface area contributed by atoms with Gasteiger partial charge in [-0.3, -0.25) is 9.48 Å². The standard InChI is InChI=1S/C11H15N3O/c1-4-5-6-7-12-11(15)10-8-14(3)13-9(10)2/h1,8H,5-7H2,2-3H3,(H,12,15). The van der Waals surface area contributed by atoms with Crippen LogP contribution >= 0.6 is 0 Å². The van der Waals surface area contributed by atoms with Gasteiger partial charge in [0.1, 0.15) is 0 Å². The number of nitrogens with zero attached hydrogens (tertiary/aromatic N) is 2. The number of hydrogen-bond donors (Lipinski definition) is 1. The molecular formula is C11H15N3O. The molecule has 1 aromatic rings. The second kappa shape index (κ2) is 5.20. The van der Waals surface area contributed by atoms with Gasteiger partial charge in [-0.1, -0.05) is 0 Å². The number of rotatable bonds is 4. The molecule has 1 amide bonds. The van der Waals surface area contributed by atoms with Crippen LogP contribution in [0.3, 0.4) is 0 Å². The van der Waals surface area contributed by atoms with Crippen LogP contribution < -0.4 is 5.32 Å². The van der Waals surface area contributed by atoms with E-state index in [9.17, 15) is 4.79 Å². The van der Waals surface area contributed by atoms with Crippen molar-refractivity contribution in [3.8, 4) is 12.3 Å². The maximum Gasteiger partial charge on any atom is 0.254 e. The fraction of sp³-hybridized carbons (Fsp3) is 0.455. The summed E-state index contributed by atoms with van der Waals surface area (Å²) in [6.45, 7) is 2.42. The highest BCUT2D eigenvalue weighted by Crippen LogP contribution is 2.03. The van der Waals surface area contributed by atoms with Gasteiger partial charge in [0.2, 0.25) is 0 Å². The van der Waals surface area contributed by atoms with Crippen LogP contribution in [0.4, 0.5) is 0 Å². The lowest BCUT2D eigenvalue weighted by molar-refractivity contribution is 0.0952. The van der Waals surface area contributed by atoms with E-state index in [0.29, 0.717) is 18.5 Å². The number of nitrogens with one attached hydrogen (secondary N) is 1. The minimum atomic E-state index is -0.0855. The van der Waals surface area contributed by atoms with Crippen molar-refractivity contribution in [3.63, 3.8) is 0 Å². The summed E-state index contributed by atoms with van der Waals surface area (Å²) in [5, 5.41) is 6.90. The van der Waals surface area contributed by atoms with E-state index in [0.717, 1.165) is 12.1 Å². The van der Waals surface area contributed by atoms with E-state index < -0.39 is 0 Å². The maximum atomic E-state index is 11.6. The number of carbonyl (C=O) groups excluding carboxylic acids is 1. The van der Waals surface area contributed by atoms with Gasteiger partial charge in [-0.15, -0.1) is 12.3 Å². The van der Waals surface area contributed by atoms with Gasteiger partial charge in [0.05, 0.1) is 11.3 Å². The smallest absolute Gasteiger partial charge is 0.254 e. The van der Waals surface area contributed by atoms with Crippen LogP contribution in [0, 0.1) is 19.3 Å². The summed E-state index contributed by atoms with van der Waals surface area (Å²) in [5.74, 6) is 2.44. The Labute approximate surface area is 89.7 Å². The van der Waals surface area contributed by atoms with Crippen molar-refractivity contribution < 1.29 is 4.79 Å². The minimum absolute atomic E-state index is 0.0855. The van der Waals surface area contributed by atoms with Crippen molar-refractivity contribution in [3.05, 3.63) is 17.5 Å².